The van der Waals surface area contributed by atoms with Gasteiger partial charge in [-0.2, -0.15) is 0 Å². The second kappa shape index (κ2) is 8.09. The predicted molar refractivity (Wildman–Crippen MR) is 99.4 cm³/mol. The van der Waals surface area contributed by atoms with Crippen LogP contribution in [0, 0.1) is 11.6 Å². The molecule has 3 aromatic rings. The van der Waals surface area contributed by atoms with Gasteiger partial charge in [0.05, 0.1) is 11.3 Å². The van der Waals surface area contributed by atoms with Crippen LogP contribution in [0.15, 0.2) is 47.6 Å². The molecule has 0 saturated heterocycles. The van der Waals surface area contributed by atoms with E-state index in [0.29, 0.717) is 17.5 Å². The van der Waals surface area contributed by atoms with E-state index in [0.717, 1.165) is 40.9 Å². The minimum absolute atomic E-state index is 0.0159. The number of hydrogen-bond acceptors (Lipinski definition) is 5. The van der Waals surface area contributed by atoms with Crippen molar-refractivity contribution in [1.82, 2.24) is 9.97 Å². The number of halogens is 2. The van der Waals surface area contributed by atoms with Gasteiger partial charge in [0, 0.05) is 23.7 Å². The molecule has 1 aromatic heterocycles. The molecule has 0 radical (unpaired) electrons. The first kappa shape index (κ1) is 18.1. The van der Waals surface area contributed by atoms with Crippen LogP contribution in [-0.2, 0) is 4.79 Å². The third-order valence-corrected chi connectivity index (χ3v) is 4.25. The molecule has 0 saturated carbocycles. The summed E-state index contributed by atoms with van der Waals surface area (Å²) in [4.78, 5) is 20.9. The molecule has 3 rings (SSSR count). The van der Waals surface area contributed by atoms with Gasteiger partial charge in [0.25, 0.3) is 0 Å². The van der Waals surface area contributed by atoms with Crippen molar-refractivity contribution < 1.29 is 13.6 Å². The summed E-state index contributed by atoms with van der Waals surface area (Å²) in [5, 5.41) is 6.99. The first-order valence-electron chi connectivity index (χ1n) is 7.94. The lowest BCUT2D eigenvalue weighted by molar-refractivity contribution is -0.113. The minimum atomic E-state index is -0.749. The molecule has 0 aliphatic rings. The minimum Gasteiger partial charge on any atom is -0.370 e. The highest BCUT2D eigenvalue weighted by atomic mass is 32.2. The maximum absolute atomic E-state index is 13.2. The molecule has 5 nitrogen and oxygen atoms in total. The second-order valence-electron chi connectivity index (χ2n) is 5.40. The molecular weight excluding hydrogens is 358 g/mol. The molecular formula is C18H16F2N4OS. The van der Waals surface area contributed by atoms with Crippen LogP contribution >= 0.6 is 11.8 Å². The molecule has 0 fully saturated rings. The number of benzene rings is 2. The average Bonchev–Trinajstić information content (AvgIpc) is 2.59. The monoisotopic (exact) mass is 374 g/mol. The van der Waals surface area contributed by atoms with Crippen LogP contribution in [0.1, 0.15) is 6.92 Å². The molecule has 0 spiro atoms. The summed E-state index contributed by atoms with van der Waals surface area (Å²) in [6.45, 7) is 2.67. The number of nitrogens with zero attached hydrogens (tertiary/aromatic N) is 2. The van der Waals surface area contributed by atoms with Crippen molar-refractivity contribution in [2.45, 2.75) is 12.1 Å². The normalized spacial score (nSPS) is 10.7. The Morgan fingerprint density at radius 3 is 2.58 bits per heavy atom. The number of amides is 1. The van der Waals surface area contributed by atoms with Crippen LogP contribution < -0.4 is 10.6 Å². The van der Waals surface area contributed by atoms with Crippen molar-refractivity contribution in [1.29, 1.82) is 0 Å². The van der Waals surface area contributed by atoms with Gasteiger partial charge in [0.2, 0.25) is 5.91 Å². The van der Waals surface area contributed by atoms with Crippen molar-refractivity contribution in [3.05, 3.63) is 54.1 Å². The SMILES string of the molecule is CCNc1nc(SCC(=O)Nc2cc(F)cc(F)c2)nc2ccccc12. The summed E-state index contributed by atoms with van der Waals surface area (Å²) >= 11 is 1.15. The number of rotatable bonds is 6. The number of hydrogen-bond donors (Lipinski definition) is 2. The third-order valence-electron chi connectivity index (χ3n) is 3.41. The van der Waals surface area contributed by atoms with Gasteiger partial charge in [-0.25, -0.2) is 18.7 Å². The van der Waals surface area contributed by atoms with Gasteiger partial charge in [-0.05, 0) is 31.2 Å². The van der Waals surface area contributed by atoms with E-state index in [4.69, 9.17) is 0 Å². The second-order valence-corrected chi connectivity index (χ2v) is 6.34. The number of nitrogens with one attached hydrogen (secondary N) is 2. The smallest absolute Gasteiger partial charge is 0.234 e. The molecule has 0 unspecified atom stereocenters. The van der Waals surface area contributed by atoms with E-state index in [1.54, 1.807) is 0 Å². The van der Waals surface area contributed by atoms with Gasteiger partial charge in [0.1, 0.15) is 17.5 Å². The van der Waals surface area contributed by atoms with Gasteiger partial charge in [-0.15, -0.1) is 0 Å². The first-order chi connectivity index (χ1) is 12.5. The van der Waals surface area contributed by atoms with Gasteiger partial charge in [-0.1, -0.05) is 23.9 Å². The zero-order valence-corrected chi connectivity index (χ0v) is 14.7. The lowest BCUT2D eigenvalue weighted by atomic mass is 10.2. The summed E-state index contributed by atoms with van der Waals surface area (Å²) in [5.41, 5.74) is 0.842. The zero-order valence-electron chi connectivity index (χ0n) is 13.9. The molecule has 2 N–H and O–H groups in total. The highest BCUT2D eigenvalue weighted by Gasteiger charge is 2.11. The maximum Gasteiger partial charge on any atom is 0.234 e. The van der Waals surface area contributed by atoms with E-state index >= 15 is 0 Å². The molecule has 1 amide bonds. The summed E-state index contributed by atoms with van der Waals surface area (Å²) in [5.74, 6) is -1.18. The van der Waals surface area contributed by atoms with Crippen LogP contribution in [-0.4, -0.2) is 28.2 Å². The quantitative estimate of drug-likeness (QED) is 0.503. The zero-order chi connectivity index (χ0) is 18.5. The summed E-state index contributed by atoms with van der Waals surface area (Å²) in [6.07, 6.45) is 0. The maximum atomic E-state index is 13.2. The number of thioether (sulfide) groups is 1. The summed E-state index contributed by atoms with van der Waals surface area (Å²) in [6, 6.07) is 10.4. The topological polar surface area (TPSA) is 66.9 Å². The van der Waals surface area contributed by atoms with Gasteiger partial charge in [0.15, 0.2) is 5.16 Å². The van der Waals surface area contributed by atoms with Crippen LogP contribution in [0.3, 0.4) is 0 Å². The standard InChI is InChI=1S/C18H16F2N4OS/c1-2-21-17-14-5-3-4-6-15(14)23-18(24-17)26-10-16(25)22-13-8-11(19)7-12(20)9-13/h3-9H,2,10H2,1H3,(H,22,25)(H,21,23,24). The number of anilines is 2. The Morgan fingerprint density at radius 1 is 1.12 bits per heavy atom. The van der Waals surface area contributed by atoms with Crippen molar-refractivity contribution in [2.75, 3.05) is 22.9 Å². The summed E-state index contributed by atoms with van der Waals surface area (Å²) < 4.78 is 26.3. The van der Waals surface area contributed by atoms with E-state index in [9.17, 15) is 13.6 Å². The third kappa shape index (κ3) is 4.45. The Bertz CT molecular complexity index is 931. The number of para-hydroxylation sites is 1. The molecule has 0 atom stereocenters. The van der Waals surface area contributed by atoms with Crippen LogP contribution in [0.25, 0.3) is 10.9 Å². The molecule has 8 heteroatoms. The number of fused-ring (bicyclic) bond motifs is 1. The van der Waals surface area contributed by atoms with E-state index in [2.05, 4.69) is 20.6 Å². The number of aromatic nitrogens is 2. The Hall–Kier alpha value is -2.74. The molecule has 2 aromatic carbocycles. The molecule has 0 aliphatic heterocycles. The van der Waals surface area contributed by atoms with E-state index in [1.807, 2.05) is 31.2 Å². The fraction of sp³-hybridized carbons (Fsp3) is 0.167. The van der Waals surface area contributed by atoms with Crippen LogP contribution in [0.4, 0.5) is 20.3 Å². The van der Waals surface area contributed by atoms with Crippen molar-refractivity contribution in [3.8, 4) is 0 Å². The lowest BCUT2D eigenvalue weighted by Crippen LogP contribution is -2.14. The molecule has 0 aliphatic carbocycles. The van der Waals surface area contributed by atoms with E-state index in [1.165, 1.54) is 0 Å². The Morgan fingerprint density at radius 2 is 1.85 bits per heavy atom. The first-order valence-corrected chi connectivity index (χ1v) is 8.93. The molecule has 0 bridgehead atoms. The number of carbonyl (C=O) groups is 1. The van der Waals surface area contributed by atoms with E-state index in [-0.39, 0.29) is 11.4 Å². The molecule has 26 heavy (non-hydrogen) atoms. The van der Waals surface area contributed by atoms with Crippen molar-refractivity contribution in [3.63, 3.8) is 0 Å². The van der Waals surface area contributed by atoms with Crippen LogP contribution in [0.5, 0.6) is 0 Å². The highest BCUT2D eigenvalue weighted by Crippen LogP contribution is 2.24. The predicted octanol–water partition coefficient (Wildman–Crippen LogP) is 4.07. The Labute approximate surface area is 153 Å². The van der Waals surface area contributed by atoms with Gasteiger partial charge in [-0.3, -0.25) is 4.79 Å². The highest BCUT2D eigenvalue weighted by molar-refractivity contribution is 7.99. The van der Waals surface area contributed by atoms with E-state index < -0.39 is 17.5 Å². The fourth-order valence-corrected chi connectivity index (χ4v) is 3.03. The van der Waals surface area contributed by atoms with Crippen molar-refractivity contribution in [2.24, 2.45) is 0 Å². The Kier molecular flexibility index (Phi) is 5.62. The van der Waals surface area contributed by atoms with Crippen molar-refractivity contribution >= 4 is 40.1 Å². The summed E-state index contributed by atoms with van der Waals surface area (Å²) in [7, 11) is 0. The van der Waals surface area contributed by atoms with Crippen LogP contribution in [0.2, 0.25) is 0 Å². The number of carbonyl (C=O) groups excluding carboxylic acids is 1. The van der Waals surface area contributed by atoms with Gasteiger partial charge >= 0.3 is 0 Å². The molecule has 1 heterocycles. The largest absolute Gasteiger partial charge is 0.370 e. The fourth-order valence-electron chi connectivity index (χ4n) is 2.38. The molecule has 134 valence electrons. The lowest BCUT2D eigenvalue weighted by Gasteiger charge is -2.09. The average molecular weight is 374 g/mol. The Balaban J connectivity index is 1.71. The van der Waals surface area contributed by atoms with Gasteiger partial charge < -0.3 is 10.6 Å².